The van der Waals surface area contributed by atoms with Crippen molar-refractivity contribution in [3.63, 3.8) is 0 Å². The molecule has 1 aromatic heterocycles. The average molecular weight is 470 g/mol. The van der Waals surface area contributed by atoms with Gasteiger partial charge in [-0.1, -0.05) is 12.1 Å². The van der Waals surface area contributed by atoms with E-state index < -0.39 is 0 Å². The first-order valence-electron chi connectivity index (χ1n) is 11.6. The summed E-state index contributed by atoms with van der Waals surface area (Å²) in [7, 11) is 4.76. The Morgan fingerprint density at radius 2 is 1.26 bits per heavy atom. The number of aromatic nitrogens is 3. The summed E-state index contributed by atoms with van der Waals surface area (Å²) in [6, 6.07) is 17.0. The minimum atomic E-state index is 0.0274. The summed E-state index contributed by atoms with van der Waals surface area (Å²) in [6.45, 7) is 0. The lowest BCUT2D eigenvalue weighted by atomic mass is 9.90. The Bertz CT molecular complexity index is 1390. The van der Waals surface area contributed by atoms with E-state index in [4.69, 9.17) is 29.2 Å². The summed E-state index contributed by atoms with van der Waals surface area (Å²) in [6.07, 6.45) is 4.57. The topological polar surface area (TPSA) is 86.6 Å². The van der Waals surface area contributed by atoms with Gasteiger partial charge in [-0.05, 0) is 67.1 Å². The highest BCUT2D eigenvalue weighted by Gasteiger charge is 2.19. The molecule has 4 aromatic rings. The lowest BCUT2D eigenvalue weighted by molar-refractivity contribution is 0.395. The number of aromatic hydroxyl groups is 1. The maximum absolute atomic E-state index is 10.7. The fraction of sp³-hybridized carbons (Fsp3) is 0.250. The molecule has 0 spiro atoms. The zero-order valence-corrected chi connectivity index (χ0v) is 20.0. The fourth-order valence-corrected chi connectivity index (χ4v) is 4.43. The van der Waals surface area contributed by atoms with E-state index in [0.29, 0.717) is 45.8 Å². The number of hydrogen-bond donors (Lipinski definition) is 1. The summed E-state index contributed by atoms with van der Waals surface area (Å²) in [5, 5.41) is 10.7. The van der Waals surface area contributed by atoms with Gasteiger partial charge in [0.1, 0.15) is 23.0 Å². The molecule has 0 bridgehead atoms. The molecule has 0 saturated carbocycles. The van der Waals surface area contributed by atoms with E-state index in [1.54, 1.807) is 45.6 Å². The summed E-state index contributed by atoms with van der Waals surface area (Å²) in [4.78, 5) is 14.3. The number of fused-ring (bicyclic) bond motifs is 1. The molecule has 35 heavy (non-hydrogen) atoms. The standard InChI is InChI=1S/C28H27N3O4/c1-33-20-10-12-22(24(32)15-20)27-29-26(19-9-8-17-6-4-5-7-18(17)14-19)30-28(31-27)23-13-11-21(34-2)16-25(23)35-3/h8-16,32H,4-7H2,1-3H3. The molecule has 0 radical (unpaired) electrons. The van der Waals surface area contributed by atoms with Crippen molar-refractivity contribution in [3.8, 4) is 57.2 Å². The van der Waals surface area contributed by atoms with E-state index in [-0.39, 0.29) is 5.75 Å². The van der Waals surface area contributed by atoms with E-state index in [2.05, 4.69) is 18.2 Å². The first-order valence-corrected chi connectivity index (χ1v) is 11.6. The summed E-state index contributed by atoms with van der Waals surface area (Å²) in [5.41, 5.74) is 4.83. The highest BCUT2D eigenvalue weighted by atomic mass is 16.5. The van der Waals surface area contributed by atoms with Gasteiger partial charge in [0, 0.05) is 17.7 Å². The van der Waals surface area contributed by atoms with Gasteiger partial charge in [0.25, 0.3) is 0 Å². The molecule has 1 N–H and O–H groups in total. The second kappa shape index (κ2) is 9.62. The second-order valence-corrected chi connectivity index (χ2v) is 8.45. The van der Waals surface area contributed by atoms with Crippen LogP contribution in [0.5, 0.6) is 23.0 Å². The molecular formula is C28H27N3O4. The molecule has 1 aliphatic rings. The van der Waals surface area contributed by atoms with Gasteiger partial charge < -0.3 is 19.3 Å². The van der Waals surface area contributed by atoms with E-state index in [0.717, 1.165) is 18.4 Å². The third-order valence-corrected chi connectivity index (χ3v) is 6.34. The highest BCUT2D eigenvalue weighted by molar-refractivity contribution is 5.73. The van der Waals surface area contributed by atoms with Crippen molar-refractivity contribution in [2.45, 2.75) is 25.7 Å². The molecule has 5 rings (SSSR count). The fourth-order valence-electron chi connectivity index (χ4n) is 4.43. The van der Waals surface area contributed by atoms with Crippen LogP contribution in [0.15, 0.2) is 54.6 Å². The predicted octanol–water partition coefficient (Wildman–Crippen LogP) is 5.48. The Hall–Kier alpha value is -4.13. The van der Waals surface area contributed by atoms with E-state index in [9.17, 15) is 5.11 Å². The number of aryl methyl sites for hydroxylation is 2. The first-order chi connectivity index (χ1) is 17.1. The van der Waals surface area contributed by atoms with Gasteiger partial charge in [0.15, 0.2) is 17.5 Å². The van der Waals surface area contributed by atoms with Crippen LogP contribution in [-0.4, -0.2) is 41.4 Å². The Balaban J connectivity index is 1.70. The average Bonchev–Trinajstić information content (AvgIpc) is 2.91. The van der Waals surface area contributed by atoms with Crippen LogP contribution in [0.1, 0.15) is 24.0 Å². The largest absolute Gasteiger partial charge is 0.507 e. The molecule has 7 heteroatoms. The van der Waals surface area contributed by atoms with Crippen LogP contribution in [-0.2, 0) is 12.8 Å². The normalized spacial score (nSPS) is 12.7. The molecule has 0 fully saturated rings. The minimum absolute atomic E-state index is 0.0274. The van der Waals surface area contributed by atoms with Gasteiger partial charge in [0.05, 0.1) is 32.5 Å². The van der Waals surface area contributed by atoms with Gasteiger partial charge in [-0.25, -0.2) is 15.0 Å². The zero-order chi connectivity index (χ0) is 24.4. The molecule has 7 nitrogen and oxygen atoms in total. The first kappa shape index (κ1) is 22.7. The number of nitrogens with zero attached hydrogens (tertiary/aromatic N) is 3. The van der Waals surface area contributed by atoms with Crippen LogP contribution in [0.2, 0.25) is 0 Å². The molecule has 0 saturated heterocycles. The molecular weight excluding hydrogens is 442 g/mol. The van der Waals surface area contributed by atoms with Gasteiger partial charge in [-0.2, -0.15) is 0 Å². The van der Waals surface area contributed by atoms with Crippen molar-refractivity contribution in [3.05, 3.63) is 65.7 Å². The van der Waals surface area contributed by atoms with E-state index in [1.807, 2.05) is 12.1 Å². The third kappa shape index (κ3) is 4.49. The summed E-state index contributed by atoms with van der Waals surface area (Å²) < 4.78 is 16.2. The Kier molecular flexibility index (Phi) is 6.23. The minimum Gasteiger partial charge on any atom is -0.507 e. The number of hydrogen-bond acceptors (Lipinski definition) is 7. The molecule has 0 atom stereocenters. The van der Waals surface area contributed by atoms with Crippen LogP contribution in [0.25, 0.3) is 34.2 Å². The summed E-state index contributed by atoms with van der Waals surface area (Å²) >= 11 is 0. The van der Waals surface area contributed by atoms with Crippen LogP contribution < -0.4 is 14.2 Å². The second-order valence-electron chi connectivity index (χ2n) is 8.45. The monoisotopic (exact) mass is 469 g/mol. The number of phenols is 1. The molecule has 0 aliphatic heterocycles. The Labute approximate surface area is 204 Å². The number of methoxy groups -OCH3 is 3. The Morgan fingerprint density at radius 3 is 1.94 bits per heavy atom. The van der Waals surface area contributed by atoms with Crippen LogP contribution in [0.3, 0.4) is 0 Å². The van der Waals surface area contributed by atoms with Crippen LogP contribution in [0, 0.1) is 0 Å². The quantitative estimate of drug-likeness (QED) is 0.400. The van der Waals surface area contributed by atoms with Crippen molar-refractivity contribution in [1.29, 1.82) is 0 Å². The number of benzene rings is 3. The van der Waals surface area contributed by atoms with Gasteiger partial charge in [-0.3, -0.25) is 0 Å². The smallest absolute Gasteiger partial charge is 0.167 e. The maximum atomic E-state index is 10.7. The highest BCUT2D eigenvalue weighted by Crippen LogP contribution is 2.36. The van der Waals surface area contributed by atoms with Crippen molar-refractivity contribution in [2.24, 2.45) is 0 Å². The van der Waals surface area contributed by atoms with Crippen molar-refractivity contribution >= 4 is 0 Å². The van der Waals surface area contributed by atoms with Crippen molar-refractivity contribution < 1.29 is 19.3 Å². The number of phenolic OH excluding ortho intramolecular Hbond substituents is 1. The lowest BCUT2D eigenvalue weighted by Crippen LogP contribution is -2.04. The molecule has 3 aromatic carbocycles. The van der Waals surface area contributed by atoms with E-state index >= 15 is 0 Å². The molecule has 0 amide bonds. The summed E-state index contributed by atoms with van der Waals surface area (Å²) in [5.74, 6) is 3.16. The van der Waals surface area contributed by atoms with Gasteiger partial charge >= 0.3 is 0 Å². The SMILES string of the molecule is COc1ccc(-c2nc(-c3ccc4c(c3)CCCC4)nc(-c3ccc(OC)cc3OC)n2)c(O)c1. The van der Waals surface area contributed by atoms with Crippen molar-refractivity contribution in [1.82, 2.24) is 15.0 Å². The maximum Gasteiger partial charge on any atom is 0.167 e. The molecule has 178 valence electrons. The number of ether oxygens (including phenoxy) is 3. The molecule has 0 unspecified atom stereocenters. The molecule has 1 aliphatic carbocycles. The number of rotatable bonds is 6. The zero-order valence-electron chi connectivity index (χ0n) is 20.0. The van der Waals surface area contributed by atoms with Crippen LogP contribution in [0.4, 0.5) is 0 Å². The van der Waals surface area contributed by atoms with Gasteiger partial charge in [0.2, 0.25) is 0 Å². The predicted molar refractivity (Wildman–Crippen MR) is 134 cm³/mol. The molecule has 1 heterocycles. The van der Waals surface area contributed by atoms with E-state index in [1.165, 1.54) is 24.0 Å². The lowest BCUT2D eigenvalue weighted by Gasteiger charge is -2.17. The van der Waals surface area contributed by atoms with Gasteiger partial charge in [-0.15, -0.1) is 0 Å². The van der Waals surface area contributed by atoms with Crippen LogP contribution >= 0.6 is 0 Å². The van der Waals surface area contributed by atoms with Crippen molar-refractivity contribution in [2.75, 3.05) is 21.3 Å². The third-order valence-electron chi connectivity index (χ3n) is 6.34. The Morgan fingerprint density at radius 1 is 0.629 bits per heavy atom.